The average molecular weight is 268 g/mol. The van der Waals surface area contributed by atoms with E-state index in [-0.39, 0.29) is 5.60 Å². The molecule has 1 atom stereocenters. The molecule has 1 aromatic rings. The van der Waals surface area contributed by atoms with Crippen molar-refractivity contribution in [1.29, 1.82) is 0 Å². The lowest BCUT2D eigenvalue weighted by Crippen LogP contribution is -2.23. The van der Waals surface area contributed by atoms with Gasteiger partial charge in [0.05, 0.1) is 17.5 Å². The standard InChI is InChI=1S/C10H9Cl3O2/c11-4-10(6-15-10)5-14-9-2-1-7(12)3-8(9)13/h1-3H,4-6H2. The highest BCUT2D eigenvalue weighted by Crippen LogP contribution is 2.32. The van der Waals surface area contributed by atoms with Gasteiger partial charge >= 0.3 is 0 Å². The maximum absolute atomic E-state index is 5.94. The van der Waals surface area contributed by atoms with Crippen LogP contribution in [0.15, 0.2) is 18.2 Å². The quantitative estimate of drug-likeness (QED) is 0.616. The second-order valence-electron chi connectivity index (χ2n) is 3.47. The molecule has 82 valence electrons. The molecule has 1 heterocycles. The molecule has 2 rings (SSSR count). The molecule has 0 radical (unpaired) electrons. The number of epoxide rings is 1. The maximum atomic E-state index is 5.94. The highest BCUT2D eigenvalue weighted by molar-refractivity contribution is 6.35. The Morgan fingerprint density at radius 3 is 2.67 bits per heavy atom. The van der Waals surface area contributed by atoms with Gasteiger partial charge in [-0.15, -0.1) is 11.6 Å². The minimum atomic E-state index is -0.315. The number of hydrogen-bond acceptors (Lipinski definition) is 2. The zero-order chi connectivity index (χ0) is 10.9. The second kappa shape index (κ2) is 4.38. The summed E-state index contributed by atoms with van der Waals surface area (Å²) < 4.78 is 10.7. The fraction of sp³-hybridized carbons (Fsp3) is 0.400. The molecule has 1 unspecified atom stereocenters. The third-order valence-electron chi connectivity index (χ3n) is 2.18. The molecule has 2 nitrogen and oxygen atoms in total. The highest BCUT2D eigenvalue weighted by atomic mass is 35.5. The number of rotatable bonds is 4. The van der Waals surface area contributed by atoms with Crippen molar-refractivity contribution in [2.75, 3.05) is 19.1 Å². The molecule has 0 aliphatic carbocycles. The molecule has 0 amide bonds. The summed E-state index contributed by atoms with van der Waals surface area (Å²) in [7, 11) is 0. The van der Waals surface area contributed by atoms with E-state index >= 15 is 0 Å². The van der Waals surface area contributed by atoms with Crippen LogP contribution in [-0.2, 0) is 4.74 Å². The van der Waals surface area contributed by atoms with Gasteiger partial charge in [-0.25, -0.2) is 0 Å². The Balaban J connectivity index is 1.99. The van der Waals surface area contributed by atoms with Crippen LogP contribution in [0.3, 0.4) is 0 Å². The van der Waals surface area contributed by atoms with E-state index in [0.717, 1.165) is 0 Å². The Labute approximate surface area is 103 Å². The van der Waals surface area contributed by atoms with Crippen LogP contribution >= 0.6 is 34.8 Å². The van der Waals surface area contributed by atoms with E-state index in [1.54, 1.807) is 18.2 Å². The first-order valence-corrected chi connectivity index (χ1v) is 5.72. The smallest absolute Gasteiger partial charge is 0.139 e. The molecule has 15 heavy (non-hydrogen) atoms. The van der Waals surface area contributed by atoms with E-state index in [4.69, 9.17) is 44.3 Å². The van der Waals surface area contributed by atoms with Gasteiger partial charge in [-0.1, -0.05) is 23.2 Å². The number of alkyl halides is 1. The van der Waals surface area contributed by atoms with Crippen molar-refractivity contribution in [3.63, 3.8) is 0 Å². The summed E-state index contributed by atoms with van der Waals surface area (Å²) in [6, 6.07) is 5.10. The number of halogens is 3. The van der Waals surface area contributed by atoms with Gasteiger partial charge in [0.1, 0.15) is 18.0 Å². The van der Waals surface area contributed by atoms with Gasteiger partial charge < -0.3 is 9.47 Å². The van der Waals surface area contributed by atoms with Gasteiger partial charge in [-0.2, -0.15) is 0 Å². The van der Waals surface area contributed by atoms with Crippen LogP contribution in [0.25, 0.3) is 0 Å². The van der Waals surface area contributed by atoms with Crippen molar-refractivity contribution in [1.82, 2.24) is 0 Å². The van der Waals surface area contributed by atoms with Gasteiger partial charge in [-0.3, -0.25) is 0 Å². The number of benzene rings is 1. The van der Waals surface area contributed by atoms with Crippen molar-refractivity contribution in [3.05, 3.63) is 28.2 Å². The van der Waals surface area contributed by atoms with E-state index in [2.05, 4.69) is 0 Å². The van der Waals surface area contributed by atoms with Gasteiger partial charge in [-0.05, 0) is 18.2 Å². The van der Waals surface area contributed by atoms with Gasteiger partial charge in [0.25, 0.3) is 0 Å². The zero-order valence-corrected chi connectivity index (χ0v) is 10.1. The molecule has 1 aliphatic rings. The first kappa shape index (κ1) is 11.3. The van der Waals surface area contributed by atoms with Crippen LogP contribution in [0.1, 0.15) is 0 Å². The van der Waals surface area contributed by atoms with Crippen molar-refractivity contribution in [2.45, 2.75) is 5.60 Å². The molecule has 1 fully saturated rings. The largest absolute Gasteiger partial charge is 0.489 e. The lowest BCUT2D eigenvalue weighted by atomic mass is 10.2. The first-order chi connectivity index (χ1) is 7.15. The minimum Gasteiger partial charge on any atom is -0.489 e. The molecule has 0 N–H and O–H groups in total. The van der Waals surface area contributed by atoms with Crippen molar-refractivity contribution in [3.8, 4) is 5.75 Å². The molecule has 0 bridgehead atoms. The van der Waals surface area contributed by atoms with Crippen molar-refractivity contribution >= 4 is 34.8 Å². The Kier molecular flexibility index (Phi) is 3.31. The van der Waals surface area contributed by atoms with Gasteiger partial charge in [0, 0.05) is 5.02 Å². The van der Waals surface area contributed by atoms with Crippen LogP contribution < -0.4 is 4.74 Å². The molecule has 1 saturated heterocycles. The fourth-order valence-corrected chi connectivity index (χ4v) is 1.80. The number of ether oxygens (including phenoxy) is 2. The molecule has 0 saturated carbocycles. The van der Waals surface area contributed by atoms with Crippen LogP contribution in [0.2, 0.25) is 10.0 Å². The third-order valence-corrected chi connectivity index (χ3v) is 3.20. The summed E-state index contributed by atoms with van der Waals surface area (Å²) in [5.41, 5.74) is -0.315. The Morgan fingerprint density at radius 2 is 2.13 bits per heavy atom. The summed E-state index contributed by atoms with van der Waals surface area (Å²) in [5.74, 6) is 1.03. The summed E-state index contributed by atoms with van der Waals surface area (Å²) in [5, 5.41) is 1.08. The summed E-state index contributed by atoms with van der Waals surface area (Å²) in [6.45, 7) is 1.06. The molecular weight excluding hydrogens is 258 g/mol. The minimum absolute atomic E-state index is 0.315. The maximum Gasteiger partial charge on any atom is 0.139 e. The zero-order valence-electron chi connectivity index (χ0n) is 7.80. The normalized spacial score (nSPS) is 23.9. The van der Waals surface area contributed by atoms with E-state index < -0.39 is 0 Å². The lowest BCUT2D eigenvalue weighted by molar-refractivity contribution is 0.205. The van der Waals surface area contributed by atoms with E-state index in [1.165, 1.54) is 0 Å². The van der Waals surface area contributed by atoms with Crippen molar-refractivity contribution in [2.24, 2.45) is 0 Å². The Hall–Kier alpha value is -0.150. The monoisotopic (exact) mass is 266 g/mol. The summed E-state index contributed by atoms with van der Waals surface area (Å²) in [4.78, 5) is 0. The summed E-state index contributed by atoms with van der Waals surface area (Å²) >= 11 is 17.4. The third kappa shape index (κ3) is 2.70. The summed E-state index contributed by atoms with van der Waals surface area (Å²) in [6.07, 6.45) is 0. The molecule has 1 aliphatic heterocycles. The van der Waals surface area contributed by atoms with E-state index in [1.807, 2.05) is 0 Å². The average Bonchev–Trinajstić information content (AvgIpc) is 2.97. The lowest BCUT2D eigenvalue weighted by Gasteiger charge is -2.11. The fourth-order valence-electron chi connectivity index (χ4n) is 1.10. The molecular formula is C10H9Cl3O2. The SMILES string of the molecule is ClCC1(COc2ccc(Cl)cc2Cl)CO1. The topological polar surface area (TPSA) is 21.8 Å². The highest BCUT2D eigenvalue weighted by Gasteiger charge is 2.45. The molecule has 0 spiro atoms. The van der Waals surface area contributed by atoms with Crippen LogP contribution in [0.4, 0.5) is 0 Å². The molecule has 0 aromatic heterocycles. The van der Waals surface area contributed by atoms with Crippen molar-refractivity contribution < 1.29 is 9.47 Å². The predicted octanol–water partition coefficient (Wildman–Crippen LogP) is 3.38. The second-order valence-corrected chi connectivity index (χ2v) is 4.58. The van der Waals surface area contributed by atoms with Crippen LogP contribution in [0, 0.1) is 0 Å². The first-order valence-electron chi connectivity index (χ1n) is 4.43. The van der Waals surface area contributed by atoms with Gasteiger partial charge in [0.15, 0.2) is 0 Å². The van der Waals surface area contributed by atoms with E-state index in [0.29, 0.717) is 34.9 Å². The number of hydrogen-bond donors (Lipinski definition) is 0. The van der Waals surface area contributed by atoms with Gasteiger partial charge in [0.2, 0.25) is 0 Å². The van der Waals surface area contributed by atoms with Crippen LogP contribution in [0.5, 0.6) is 5.75 Å². The predicted molar refractivity (Wildman–Crippen MR) is 61.4 cm³/mol. The molecule has 5 heteroatoms. The van der Waals surface area contributed by atoms with Crippen LogP contribution in [-0.4, -0.2) is 24.7 Å². The Bertz CT molecular complexity index is 364. The Morgan fingerprint density at radius 1 is 1.40 bits per heavy atom. The van der Waals surface area contributed by atoms with E-state index in [9.17, 15) is 0 Å². The molecule has 1 aromatic carbocycles.